The van der Waals surface area contributed by atoms with Crippen LogP contribution in [-0.2, 0) is 4.79 Å². The van der Waals surface area contributed by atoms with Gasteiger partial charge in [-0.15, -0.1) is 0 Å². The summed E-state index contributed by atoms with van der Waals surface area (Å²) in [4.78, 5) is 21.3. The van der Waals surface area contributed by atoms with Crippen LogP contribution in [0.1, 0.15) is 39.9 Å². The number of nitrogens with zero attached hydrogens (tertiary/aromatic N) is 4. The average Bonchev–Trinajstić information content (AvgIpc) is 2.93. The van der Waals surface area contributed by atoms with Crippen molar-refractivity contribution in [3.05, 3.63) is 5.82 Å². The summed E-state index contributed by atoms with van der Waals surface area (Å²) in [5, 5.41) is 4.12. The second-order valence-electron chi connectivity index (χ2n) is 6.55. The number of aryl methyl sites for hydroxylation is 1. The number of carbonyl (C=O) groups is 1. The van der Waals surface area contributed by atoms with Crippen molar-refractivity contribution in [2.45, 2.75) is 52.6 Å². The van der Waals surface area contributed by atoms with E-state index in [-0.39, 0.29) is 17.5 Å². The zero-order valence-corrected chi connectivity index (χ0v) is 15.0. The molecule has 2 heterocycles. The maximum Gasteiger partial charge on any atom is 0.237 e. The van der Waals surface area contributed by atoms with Gasteiger partial charge in [0, 0.05) is 43.3 Å². The van der Waals surface area contributed by atoms with Crippen LogP contribution in [-0.4, -0.2) is 57.9 Å². The topological polar surface area (TPSA) is 61.4 Å². The first-order valence-corrected chi connectivity index (χ1v) is 8.71. The van der Waals surface area contributed by atoms with Crippen LogP contribution in [0.15, 0.2) is 0 Å². The van der Waals surface area contributed by atoms with E-state index in [4.69, 9.17) is 0 Å². The van der Waals surface area contributed by atoms with Gasteiger partial charge in [0.2, 0.25) is 11.0 Å². The molecule has 1 fully saturated rings. The molecule has 0 spiro atoms. The Morgan fingerprint density at radius 2 is 2.00 bits per heavy atom. The highest BCUT2D eigenvalue weighted by atomic mass is 32.1. The highest BCUT2D eigenvalue weighted by molar-refractivity contribution is 7.09. The van der Waals surface area contributed by atoms with Gasteiger partial charge in [-0.05, 0) is 34.1 Å². The number of nitrogens with one attached hydrogen (secondary N) is 1. The van der Waals surface area contributed by atoms with E-state index in [2.05, 4.69) is 45.2 Å². The third-order valence-electron chi connectivity index (χ3n) is 4.37. The van der Waals surface area contributed by atoms with E-state index < -0.39 is 0 Å². The zero-order valence-electron chi connectivity index (χ0n) is 14.2. The Balaban J connectivity index is 1.87. The van der Waals surface area contributed by atoms with Gasteiger partial charge in [-0.3, -0.25) is 9.69 Å². The van der Waals surface area contributed by atoms with Crippen molar-refractivity contribution < 1.29 is 4.79 Å². The molecule has 2 rings (SSSR count). The normalized spacial score (nSPS) is 18.3. The molecule has 0 aliphatic carbocycles. The molecule has 1 aromatic heterocycles. The molecule has 0 aromatic carbocycles. The first-order chi connectivity index (χ1) is 10.3. The van der Waals surface area contributed by atoms with Crippen LogP contribution in [0.2, 0.25) is 0 Å². The van der Waals surface area contributed by atoms with Gasteiger partial charge in [0.05, 0.1) is 6.04 Å². The predicted molar refractivity (Wildman–Crippen MR) is 90.4 cm³/mol. The molecule has 6 nitrogen and oxygen atoms in total. The van der Waals surface area contributed by atoms with Crippen LogP contribution in [0.5, 0.6) is 0 Å². The monoisotopic (exact) mass is 325 g/mol. The molecule has 124 valence electrons. The first-order valence-electron chi connectivity index (χ1n) is 7.94. The minimum atomic E-state index is -0.142. The summed E-state index contributed by atoms with van der Waals surface area (Å²) in [6.07, 6.45) is 0.926. The van der Waals surface area contributed by atoms with E-state index in [0.717, 1.165) is 43.6 Å². The SMILES string of the molecule is CCC(C)(C)NC(=O)C(C)N1CCN(c2nc(C)ns2)CC1. The van der Waals surface area contributed by atoms with Crippen molar-refractivity contribution in [2.24, 2.45) is 0 Å². The second kappa shape index (κ2) is 6.91. The molecule has 22 heavy (non-hydrogen) atoms. The first kappa shape index (κ1) is 17.1. The summed E-state index contributed by atoms with van der Waals surface area (Å²) in [7, 11) is 0. The van der Waals surface area contributed by atoms with Crippen molar-refractivity contribution >= 4 is 22.6 Å². The zero-order chi connectivity index (χ0) is 16.3. The van der Waals surface area contributed by atoms with E-state index in [1.807, 2.05) is 13.8 Å². The maximum atomic E-state index is 12.4. The minimum absolute atomic E-state index is 0.0934. The lowest BCUT2D eigenvalue weighted by Gasteiger charge is -2.38. The van der Waals surface area contributed by atoms with Crippen LogP contribution in [0.4, 0.5) is 5.13 Å². The van der Waals surface area contributed by atoms with Crippen LogP contribution in [0.25, 0.3) is 0 Å². The molecule has 1 N–H and O–H groups in total. The number of carbonyl (C=O) groups excluding carboxylic acids is 1. The van der Waals surface area contributed by atoms with Gasteiger partial charge in [-0.25, -0.2) is 4.98 Å². The van der Waals surface area contributed by atoms with Gasteiger partial charge in [0.15, 0.2) is 0 Å². The van der Waals surface area contributed by atoms with Crippen molar-refractivity contribution in [3.8, 4) is 0 Å². The summed E-state index contributed by atoms with van der Waals surface area (Å²) >= 11 is 1.45. The molecule has 0 bridgehead atoms. The van der Waals surface area contributed by atoms with Crippen molar-refractivity contribution in [2.75, 3.05) is 31.1 Å². The smallest absolute Gasteiger partial charge is 0.237 e. The lowest BCUT2D eigenvalue weighted by molar-refractivity contribution is -0.127. The fraction of sp³-hybridized carbons (Fsp3) is 0.800. The molecule has 0 saturated carbocycles. The Kier molecular flexibility index (Phi) is 5.39. The van der Waals surface area contributed by atoms with E-state index in [9.17, 15) is 4.79 Å². The lowest BCUT2D eigenvalue weighted by Crippen LogP contribution is -2.56. The van der Waals surface area contributed by atoms with E-state index in [1.165, 1.54) is 11.5 Å². The standard InChI is InChI=1S/C15H27N5OS/c1-6-15(4,5)17-13(21)11(2)19-7-9-20(10-8-19)14-16-12(3)18-22-14/h11H,6-10H2,1-5H3,(H,17,21). The quantitative estimate of drug-likeness (QED) is 0.892. The van der Waals surface area contributed by atoms with Gasteiger partial charge in [-0.1, -0.05) is 6.92 Å². The van der Waals surface area contributed by atoms with Crippen LogP contribution in [0.3, 0.4) is 0 Å². The van der Waals surface area contributed by atoms with Crippen LogP contribution >= 0.6 is 11.5 Å². The summed E-state index contributed by atoms with van der Waals surface area (Å²) in [5.41, 5.74) is -0.142. The van der Waals surface area contributed by atoms with E-state index in [0.29, 0.717) is 0 Å². The number of amides is 1. The number of aromatic nitrogens is 2. The Labute approximate surface area is 137 Å². The summed E-state index contributed by atoms with van der Waals surface area (Å²) in [5.74, 6) is 0.948. The third-order valence-corrected chi connectivity index (χ3v) is 5.24. The molecule has 1 aliphatic heterocycles. The van der Waals surface area contributed by atoms with Crippen LogP contribution < -0.4 is 10.2 Å². The van der Waals surface area contributed by atoms with Gasteiger partial charge in [0.25, 0.3) is 0 Å². The van der Waals surface area contributed by atoms with Gasteiger partial charge in [-0.2, -0.15) is 4.37 Å². The molecule has 1 aromatic rings. The third kappa shape index (κ3) is 4.16. The second-order valence-corrected chi connectivity index (χ2v) is 7.28. The molecular formula is C15H27N5OS. The van der Waals surface area contributed by atoms with E-state index in [1.54, 1.807) is 0 Å². The minimum Gasteiger partial charge on any atom is -0.350 e. The largest absolute Gasteiger partial charge is 0.350 e. The Morgan fingerprint density at radius 3 is 2.50 bits per heavy atom. The Morgan fingerprint density at radius 1 is 1.36 bits per heavy atom. The van der Waals surface area contributed by atoms with Crippen molar-refractivity contribution in [1.82, 2.24) is 19.6 Å². The van der Waals surface area contributed by atoms with Crippen LogP contribution in [0, 0.1) is 6.92 Å². The summed E-state index contributed by atoms with van der Waals surface area (Å²) < 4.78 is 4.24. The molecule has 1 aliphatic rings. The number of hydrogen-bond donors (Lipinski definition) is 1. The number of hydrogen-bond acceptors (Lipinski definition) is 6. The van der Waals surface area contributed by atoms with Gasteiger partial charge < -0.3 is 10.2 Å². The number of anilines is 1. The molecular weight excluding hydrogens is 298 g/mol. The molecule has 7 heteroatoms. The molecule has 1 amide bonds. The van der Waals surface area contributed by atoms with Gasteiger partial charge in [0.1, 0.15) is 5.82 Å². The fourth-order valence-electron chi connectivity index (χ4n) is 2.41. The number of piperazine rings is 1. The van der Waals surface area contributed by atoms with Crippen molar-refractivity contribution in [1.29, 1.82) is 0 Å². The average molecular weight is 325 g/mol. The Hall–Kier alpha value is -1.21. The predicted octanol–water partition coefficient (Wildman–Crippen LogP) is 1.66. The Bertz CT molecular complexity index is 508. The summed E-state index contributed by atoms with van der Waals surface area (Å²) in [6, 6.07) is -0.0934. The highest BCUT2D eigenvalue weighted by Gasteiger charge is 2.29. The molecule has 0 radical (unpaired) electrons. The van der Waals surface area contributed by atoms with Crippen molar-refractivity contribution in [3.63, 3.8) is 0 Å². The lowest BCUT2D eigenvalue weighted by atomic mass is 10.0. The number of rotatable bonds is 5. The molecule has 1 saturated heterocycles. The maximum absolute atomic E-state index is 12.4. The van der Waals surface area contributed by atoms with Gasteiger partial charge >= 0.3 is 0 Å². The molecule has 1 atom stereocenters. The summed E-state index contributed by atoms with van der Waals surface area (Å²) in [6.45, 7) is 13.7. The highest BCUT2D eigenvalue weighted by Crippen LogP contribution is 2.19. The van der Waals surface area contributed by atoms with E-state index >= 15 is 0 Å². The fourth-order valence-corrected chi connectivity index (χ4v) is 3.13. The molecule has 1 unspecified atom stereocenters.